The summed E-state index contributed by atoms with van der Waals surface area (Å²) in [6, 6.07) is 16.5. The number of benzene rings is 2. The van der Waals surface area contributed by atoms with Crippen molar-refractivity contribution >= 4 is 38.9 Å². The summed E-state index contributed by atoms with van der Waals surface area (Å²) in [5, 5.41) is 4.22. The van der Waals surface area contributed by atoms with E-state index in [0.29, 0.717) is 6.54 Å². The molecule has 146 valence electrons. The fourth-order valence-electron chi connectivity index (χ4n) is 3.72. The molecule has 4 rings (SSSR count). The van der Waals surface area contributed by atoms with Crippen LogP contribution >= 0.6 is 27.5 Å². The van der Waals surface area contributed by atoms with E-state index in [9.17, 15) is 0 Å². The van der Waals surface area contributed by atoms with E-state index in [1.165, 1.54) is 24.8 Å². The van der Waals surface area contributed by atoms with E-state index in [0.717, 1.165) is 51.0 Å². The molecule has 0 bridgehead atoms. The van der Waals surface area contributed by atoms with Gasteiger partial charge in [0.25, 0.3) is 0 Å². The minimum atomic E-state index is 0.620. The number of hydrogen-bond donors (Lipinski definition) is 1. The highest BCUT2D eigenvalue weighted by Gasteiger charge is 2.14. The zero-order chi connectivity index (χ0) is 19.5. The van der Waals surface area contributed by atoms with Crippen molar-refractivity contribution in [3.8, 4) is 11.3 Å². The molecule has 1 N–H and O–H groups in total. The van der Waals surface area contributed by atoms with Gasteiger partial charge in [0, 0.05) is 28.8 Å². The van der Waals surface area contributed by atoms with Crippen LogP contribution in [-0.4, -0.2) is 13.1 Å². The monoisotopic (exact) mass is 458 g/mol. The lowest BCUT2D eigenvalue weighted by Gasteiger charge is -2.29. The highest BCUT2D eigenvalue weighted by atomic mass is 79.9. The molecule has 0 amide bonds. The van der Waals surface area contributed by atoms with Crippen LogP contribution in [0.1, 0.15) is 30.6 Å². The van der Waals surface area contributed by atoms with Gasteiger partial charge in [0.1, 0.15) is 11.5 Å². The number of halogens is 2. The molecule has 2 heterocycles. The van der Waals surface area contributed by atoms with E-state index in [4.69, 9.17) is 16.0 Å². The van der Waals surface area contributed by atoms with Crippen LogP contribution in [-0.2, 0) is 6.54 Å². The van der Waals surface area contributed by atoms with Gasteiger partial charge < -0.3 is 14.6 Å². The maximum Gasteiger partial charge on any atom is 0.134 e. The summed E-state index contributed by atoms with van der Waals surface area (Å²) in [4.78, 5) is 2.38. The van der Waals surface area contributed by atoms with Crippen molar-refractivity contribution in [2.45, 2.75) is 32.7 Å². The molecule has 0 atom stereocenters. The van der Waals surface area contributed by atoms with Gasteiger partial charge in [-0.25, -0.2) is 0 Å². The average Bonchev–Trinajstić information content (AvgIpc) is 3.16. The molecule has 0 saturated carbocycles. The Morgan fingerprint density at radius 2 is 1.86 bits per heavy atom. The first-order valence-electron chi connectivity index (χ1n) is 9.74. The molecule has 28 heavy (non-hydrogen) atoms. The molecule has 1 fully saturated rings. The topological polar surface area (TPSA) is 28.4 Å². The number of nitrogens with one attached hydrogen (secondary N) is 1. The van der Waals surface area contributed by atoms with E-state index in [2.05, 4.69) is 57.3 Å². The normalized spacial score (nSPS) is 14.3. The van der Waals surface area contributed by atoms with Crippen molar-refractivity contribution in [1.82, 2.24) is 0 Å². The summed E-state index contributed by atoms with van der Waals surface area (Å²) >= 11 is 10.1. The summed E-state index contributed by atoms with van der Waals surface area (Å²) in [6.07, 6.45) is 3.81. The SMILES string of the molecule is Cc1cc(Br)ccc1-c1ccc(CNc2ccc(N3CCCCC3)c(Cl)c2)o1. The third kappa shape index (κ3) is 4.39. The predicted molar refractivity (Wildman–Crippen MR) is 121 cm³/mol. The number of piperidine rings is 1. The van der Waals surface area contributed by atoms with Crippen molar-refractivity contribution in [1.29, 1.82) is 0 Å². The smallest absolute Gasteiger partial charge is 0.134 e. The Morgan fingerprint density at radius 3 is 2.61 bits per heavy atom. The first-order chi connectivity index (χ1) is 13.6. The van der Waals surface area contributed by atoms with Crippen LogP contribution in [0.2, 0.25) is 5.02 Å². The number of aryl methyl sites for hydroxylation is 1. The molecule has 5 heteroatoms. The molecule has 3 aromatic rings. The van der Waals surface area contributed by atoms with Crippen LogP contribution in [0.15, 0.2) is 57.4 Å². The Kier molecular flexibility index (Phi) is 5.98. The highest BCUT2D eigenvalue weighted by Crippen LogP contribution is 2.32. The Bertz CT molecular complexity index is 963. The lowest BCUT2D eigenvalue weighted by Crippen LogP contribution is -2.29. The van der Waals surface area contributed by atoms with Crippen molar-refractivity contribution in [2.75, 3.05) is 23.3 Å². The van der Waals surface area contributed by atoms with E-state index in [1.807, 2.05) is 24.3 Å². The Hall–Kier alpha value is -1.91. The van der Waals surface area contributed by atoms with Crippen molar-refractivity contribution < 1.29 is 4.42 Å². The standard InChI is InChI=1S/C23H24BrClN2O/c1-16-13-17(24)5-8-20(16)23-10-7-19(28-23)15-26-18-6-9-22(21(25)14-18)27-11-3-2-4-12-27/h5-10,13-14,26H,2-4,11-12,15H2,1H3. The number of furan rings is 1. The van der Waals surface area contributed by atoms with Gasteiger partial charge in [-0.05, 0) is 80.3 Å². The average molecular weight is 460 g/mol. The minimum Gasteiger partial charge on any atom is -0.459 e. The quantitative estimate of drug-likeness (QED) is 0.435. The Balaban J connectivity index is 1.42. The van der Waals surface area contributed by atoms with Crippen molar-refractivity contribution in [3.63, 3.8) is 0 Å². The van der Waals surface area contributed by atoms with E-state index < -0.39 is 0 Å². The molecule has 1 aromatic heterocycles. The van der Waals surface area contributed by atoms with Gasteiger partial charge >= 0.3 is 0 Å². The van der Waals surface area contributed by atoms with Crippen LogP contribution < -0.4 is 10.2 Å². The van der Waals surface area contributed by atoms with E-state index >= 15 is 0 Å². The summed E-state index contributed by atoms with van der Waals surface area (Å²) < 4.78 is 7.12. The van der Waals surface area contributed by atoms with Crippen LogP contribution in [0.5, 0.6) is 0 Å². The lowest BCUT2D eigenvalue weighted by molar-refractivity contribution is 0.531. The zero-order valence-electron chi connectivity index (χ0n) is 16.0. The van der Waals surface area contributed by atoms with Crippen LogP contribution in [0.3, 0.4) is 0 Å². The molecule has 0 spiro atoms. The molecule has 2 aromatic carbocycles. The molecule has 1 aliphatic heterocycles. The maximum absolute atomic E-state index is 6.55. The molecule has 1 aliphatic rings. The van der Waals surface area contributed by atoms with Gasteiger partial charge in [-0.3, -0.25) is 0 Å². The predicted octanol–water partition coefficient (Wildman–Crippen LogP) is 7.27. The Labute approximate surface area is 179 Å². The van der Waals surface area contributed by atoms with Gasteiger partial charge in [0.2, 0.25) is 0 Å². The molecule has 0 unspecified atom stereocenters. The molecule has 0 aliphatic carbocycles. The second-order valence-corrected chi connectivity index (χ2v) is 8.62. The van der Waals surface area contributed by atoms with Gasteiger partial charge in [0.05, 0.1) is 17.3 Å². The second-order valence-electron chi connectivity index (χ2n) is 7.29. The van der Waals surface area contributed by atoms with Crippen LogP contribution in [0.25, 0.3) is 11.3 Å². The van der Waals surface area contributed by atoms with Crippen LogP contribution in [0.4, 0.5) is 11.4 Å². The van der Waals surface area contributed by atoms with E-state index in [-0.39, 0.29) is 0 Å². The fraction of sp³-hybridized carbons (Fsp3) is 0.304. The first-order valence-corrected chi connectivity index (χ1v) is 10.9. The maximum atomic E-state index is 6.55. The summed E-state index contributed by atoms with van der Waals surface area (Å²) in [5.74, 6) is 1.79. The van der Waals surface area contributed by atoms with Crippen molar-refractivity contribution in [3.05, 3.63) is 69.3 Å². The highest BCUT2D eigenvalue weighted by molar-refractivity contribution is 9.10. The molecular formula is C23H24BrClN2O. The van der Waals surface area contributed by atoms with Gasteiger partial charge in [0.15, 0.2) is 0 Å². The largest absolute Gasteiger partial charge is 0.459 e. The number of hydrogen-bond acceptors (Lipinski definition) is 3. The van der Waals surface area contributed by atoms with Crippen LogP contribution in [0, 0.1) is 6.92 Å². The number of nitrogens with zero attached hydrogens (tertiary/aromatic N) is 1. The zero-order valence-corrected chi connectivity index (χ0v) is 18.3. The lowest BCUT2D eigenvalue weighted by atomic mass is 10.1. The van der Waals surface area contributed by atoms with E-state index in [1.54, 1.807) is 0 Å². The third-order valence-electron chi connectivity index (χ3n) is 5.23. The molecular weight excluding hydrogens is 436 g/mol. The summed E-state index contributed by atoms with van der Waals surface area (Å²) in [7, 11) is 0. The van der Waals surface area contributed by atoms with Gasteiger partial charge in [-0.15, -0.1) is 0 Å². The second kappa shape index (κ2) is 8.62. The molecule has 1 saturated heterocycles. The fourth-order valence-corrected chi connectivity index (χ4v) is 4.49. The van der Waals surface area contributed by atoms with Gasteiger partial charge in [-0.1, -0.05) is 27.5 Å². The third-order valence-corrected chi connectivity index (χ3v) is 6.02. The number of rotatable bonds is 5. The van der Waals surface area contributed by atoms with Gasteiger partial charge in [-0.2, -0.15) is 0 Å². The first kappa shape index (κ1) is 19.4. The van der Waals surface area contributed by atoms with Crippen molar-refractivity contribution in [2.24, 2.45) is 0 Å². The minimum absolute atomic E-state index is 0.620. The summed E-state index contributed by atoms with van der Waals surface area (Å²) in [6.45, 7) is 4.90. The molecule has 0 radical (unpaired) electrons. The molecule has 3 nitrogen and oxygen atoms in total. The Morgan fingerprint density at radius 1 is 1.04 bits per heavy atom. The summed E-state index contributed by atoms with van der Waals surface area (Å²) in [5.41, 5.74) is 4.44. The number of anilines is 2.